The van der Waals surface area contributed by atoms with Crippen molar-refractivity contribution in [2.45, 2.75) is 0 Å². The molecule has 1 rings (SSSR count). The van der Waals surface area contributed by atoms with Crippen molar-refractivity contribution in [2.24, 2.45) is 0 Å². The molecule has 0 aliphatic rings. The molecule has 0 atom stereocenters. The molecule has 1 N–H and O–H groups in total. The molecule has 0 aliphatic heterocycles. The van der Waals surface area contributed by atoms with Crippen LogP contribution in [0.15, 0.2) is 23.1 Å². The fraction of sp³-hybridized carbons (Fsp3) is 0. The molecular weight excluding hydrogens is 109 g/mol. The molecule has 0 bridgehead atoms. The smallest absolute Gasteiger partial charge is 0.194 e. The highest BCUT2D eigenvalue weighted by Gasteiger charge is 1.84. The minimum atomic E-state index is -0.600. The molecule has 0 aromatic carbocycles. The summed E-state index contributed by atoms with van der Waals surface area (Å²) in [6.45, 7) is 0. The highest BCUT2D eigenvalue weighted by atomic mass is 19.1. The van der Waals surface area contributed by atoms with Crippen LogP contribution in [0, 0.1) is 5.95 Å². The Morgan fingerprint density at radius 3 is 2.75 bits per heavy atom. The van der Waals surface area contributed by atoms with Crippen LogP contribution >= 0.6 is 0 Å². The first-order chi connectivity index (χ1) is 3.79. The van der Waals surface area contributed by atoms with E-state index >= 15 is 0 Å². The van der Waals surface area contributed by atoms with Crippen LogP contribution in [0.1, 0.15) is 0 Å². The van der Waals surface area contributed by atoms with Crippen molar-refractivity contribution < 1.29 is 4.39 Å². The number of hydrogen-bond donors (Lipinski definition) is 1. The summed E-state index contributed by atoms with van der Waals surface area (Å²) in [6, 6.07) is 2.14. The van der Waals surface area contributed by atoms with E-state index in [1.807, 2.05) is 0 Å². The van der Waals surface area contributed by atoms with Gasteiger partial charge in [0, 0.05) is 18.3 Å². The fourth-order valence-corrected chi connectivity index (χ4v) is 0.418. The lowest BCUT2D eigenvalue weighted by molar-refractivity contribution is 0.582. The third-order valence-corrected chi connectivity index (χ3v) is 0.738. The van der Waals surface area contributed by atoms with E-state index in [9.17, 15) is 9.18 Å². The second kappa shape index (κ2) is 1.78. The lowest BCUT2D eigenvalue weighted by Gasteiger charge is -1.80. The Morgan fingerprint density at radius 2 is 2.38 bits per heavy atom. The van der Waals surface area contributed by atoms with E-state index in [2.05, 4.69) is 4.98 Å². The molecule has 0 aliphatic carbocycles. The quantitative estimate of drug-likeness (QED) is 0.488. The van der Waals surface area contributed by atoms with Gasteiger partial charge in [-0.1, -0.05) is 0 Å². The third-order valence-electron chi connectivity index (χ3n) is 0.738. The van der Waals surface area contributed by atoms with Crippen molar-refractivity contribution in [3.8, 4) is 0 Å². The average molecular weight is 113 g/mol. The predicted molar refractivity (Wildman–Crippen MR) is 27.0 cm³/mol. The van der Waals surface area contributed by atoms with Gasteiger partial charge in [0.1, 0.15) is 0 Å². The molecule has 2 nitrogen and oxygen atoms in total. The van der Waals surface area contributed by atoms with Crippen LogP contribution in [0.2, 0.25) is 0 Å². The van der Waals surface area contributed by atoms with Crippen molar-refractivity contribution in [2.75, 3.05) is 0 Å². The van der Waals surface area contributed by atoms with Gasteiger partial charge in [-0.05, 0) is 0 Å². The Balaban J connectivity index is 3.28. The second-order valence-electron chi connectivity index (χ2n) is 1.37. The monoisotopic (exact) mass is 113 g/mol. The van der Waals surface area contributed by atoms with Gasteiger partial charge in [0.2, 0.25) is 0 Å². The standard InChI is InChI=1S/C5H4FNO/c6-5-3-4(8)1-2-7-5/h1-3H,(H,7,8). The molecule has 0 radical (unpaired) electrons. The van der Waals surface area contributed by atoms with Gasteiger partial charge >= 0.3 is 0 Å². The molecule has 0 saturated carbocycles. The first kappa shape index (κ1) is 5.03. The van der Waals surface area contributed by atoms with Crippen molar-refractivity contribution in [1.82, 2.24) is 4.98 Å². The summed E-state index contributed by atoms with van der Waals surface area (Å²) >= 11 is 0. The Labute approximate surface area is 45.0 Å². The van der Waals surface area contributed by atoms with Gasteiger partial charge < -0.3 is 4.98 Å². The van der Waals surface area contributed by atoms with Crippen LogP contribution in [0.4, 0.5) is 4.39 Å². The highest BCUT2D eigenvalue weighted by molar-refractivity contribution is 4.92. The van der Waals surface area contributed by atoms with Crippen LogP contribution in [-0.2, 0) is 0 Å². The summed E-state index contributed by atoms with van der Waals surface area (Å²) in [4.78, 5) is 12.4. The van der Waals surface area contributed by atoms with Crippen LogP contribution in [-0.4, -0.2) is 4.98 Å². The number of aromatic nitrogens is 1. The van der Waals surface area contributed by atoms with Crippen LogP contribution in [0.25, 0.3) is 0 Å². The van der Waals surface area contributed by atoms with E-state index in [1.165, 1.54) is 12.3 Å². The van der Waals surface area contributed by atoms with Crippen LogP contribution in [0.5, 0.6) is 0 Å². The average Bonchev–Trinajstić information content (AvgIpc) is 1.64. The predicted octanol–water partition coefficient (Wildman–Crippen LogP) is 0.514. The Hall–Kier alpha value is -1.12. The van der Waals surface area contributed by atoms with Crippen molar-refractivity contribution in [3.05, 3.63) is 34.5 Å². The first-order valence-corrected chi connectivity index (χ1v) is 2.13. The number of halogens is 1. The van der Waals surface area contributed by atoms with Gasteiger partial charge in [-0.3, -0.25) is 4.79 Å². The van der Waals surface area contributed by atoms with Crippen molar-refractivity contribution in [3.63, 3.8) is 0 Å². The van der Waals surface area contributed by atoms with E-state index in [0.717, 1.165) is 6.07 Å². The Kier molecular flexibility index (Phi) is 1.12. The Bertz CT molecular complexity index is 230. The van der Waals surface area contributed by atoms with Crippen LogP contribution < -0.4 is 5.43 Å². The van der Waals surface area contributed by atoms with Gasteiger partial charge in [-0.2, -0.15) is 4.39 Å². The fourth-order valence-electron chi connectivity index (χ4n) is 0.418. The zero-order chi connectivity index (χ0) is 5.98. The number of rotatable bonds is 0. The maximum absolute atomic E-state index is 11.9. The number of aromatic amines is 1. The zero-order valence-electron chi connectivity index (χ0n) is 4.02. The largest absolute Gasteiger partial charge is 0.338 e. The topological polar surface area (TPSA) is 32.9 Å². The summed E-state index contributed by atoms with van der Waals surface area (Å²) in [6.07, 6.45) is 1.26. The van der Waals surface area contributed by atoms with E-state index in [0.29, 0.717) is 0 Å². The summed E-state index contributed by atoms with van der Waals surface area (Å²) in [5.41, 5.74) is -0.318. The maximum Gasteiger partial charge on any atom is 0.194 e. The molecule has 0 fully saturated rings. The third kappa shape index (κ3) is 0.932. The molecule has 3 heteroatoms. The minimum Gasteiger partial charge on any atom is -0.338 e. The molecule has 0 unspecified atom stereocenters. The minimum absolute atomic E-state index is 0.318. The molecule has 1 aromatic heterocycles. The van der Waals surface area contributed by atoms with E-state index in [4.69, 9.17) is 0 Å². The van der Waals surface area contributed by atoms with E-state index < -0.39 is 5.95 Å². The van der Waals surface area contributed by atoms with Crippen molar-refractivity contribution >= 4 is 0 Å². The van der Waals surface area contributed by atoms with E-state index in [1.54, 1.807) is 0 Å². The molecule has 1 aromatic rings. The molecule has 0 saturated heterocycles. The number of nitrogens with one attached hydrogen (secondary N) is 1. The molecule has 42 valence electrons. The van der Waals surface area contributed by atoms with Gasteiger partial charge in [0.15, 0.2) is 11.4 Å². The first-order valence-electron chi connectivity index (χ1n) is 2.13. The number of hydrogen-bond acceptors (Lipinski definition) is 1. The molecule has 0 amide bonds. The summed E-state index contributed by atoms with van der Waals surface area (Å²) in [5.74, 6) is -0.600. The van der Waals surface area contributed by atoms with Gasteiger partial charge in [-0.15, -0.1) is 0 Å². The normalized spacial score (nSPS) is 9.12. The van der Waals surface area contributed by atoms with Gasteiger partial charge in [-0.25, -0.2) is 0 Å². The highest BCUT2D eigenvalue weighted by Crippen LogP contribution is 1.80. The lowest BCUT2D eigenvalue weighted by atomic mass is 10.5. The van der Waals surface area contributed by atoms with Gasteiger partial charge in [0.25, 0.3) is 0 Å². The molecular formula is C5H4FNO. The Morgan fingerprint density at radius 1 is 1.62 bits per heavy atom. The van der Waals surface area contributed by atoms with E-state index in [-0.39, 0.29) is 5.43 Å². The zero-order valence-corrected chi connectivity index (χ0v) is 4.02. The van der Waals surface area contributed by atoms with Gasteiger partial charge in [0.05, 0.1) is 0 Å². The van der Waals surface area contributed by atoms with Crippen molar-refractivity contribution in [1.29, 1.82) is 0 Å². The summed E-state index contributed by atoms with van der Waals surface area (Å²) < 4.78 is 11.9. The second-order valence-corrected chi connectivity index (χ2v) is 1.37. The molecule has 1 heterocycles. The maximum atomic E-state index is 11.9. The molecule has 0 spiro atoms. The number of H-pyrrole nitrogens is 1. The SMILES string of the molecule is O=c1cc[nH]c(F)c1. The summed E-state index contributed by atoms with van der Waals surface area (Å²) in [5, 5.41) is 0. The summed E-state index contributed by atoms with van der Waals surface area (Å²) in [7, 11) is 0. The molecule has 8 heavy (non-hydrogen) atoms. The lowest BCUT2D eigenvalue weighted by Crippen LogP contribution is -1.97. The van der Waals surface area contributed by atoms with Crippen LogP contribution in [0.3, 0.4) is 0 Å². The number of pyridine rings is 1.